The molecular weight excluding hydrogens is 273 g/mol. The summed E-state index contributed by atoms with van der Waals surface area (Å²) >= 11 is 6.30. The molecule has 0 bridgehead atoms. The Hall–Kier alpha value is -0.600. The van der Waals surface area contributed by atoms with Crippen LogP contribution in [0, 0.1) is 17.7 Å². The van der Waals surface area contributed by atoms with Gasteiger partial charge in [0.05, 0.1) is 0 Å². The maximum Gasteiger partial charge on any atom is 0.124 e. The lowest BCUT2D eigenvalue weighted by molar-refractivity contribution is 0.0958. The van der Waals surface area contributed by atoms with Crippen molar-refractivity contribution in [1.82, 2.24) is 5.32 Å². The number of hydrogen-bond donors (Lipinski definition) is 1. The molecule has 1 fully saturated rings. The van der Waals surface area contributed by atoms with Gasteiger partial charge in [0.2, 0.25) is 0 Å². The molecule has 3 heteroatoms. The van der Waals surface area contributed by atoms with E-state index in [0.717, 1.165) is 30.9 Å². The quantitative estimate of drug-likeness (QED) is 0.824. The van der Waals surface area contributed by atoms with E-state index < -0.39 is 0 Å². The van der Waals surface area contributed by atoms with Crippen LogP contribution in [0.4, 0.5) is 4.39 Å². The third-order valence-electron chi connectivity index (χ3n) is 4.60. The Kier molecular flexibility index (Phi) is 4.76. The fourth-order valence-electron chi connectivity index (χ4n) is 3.19. The normalized spacial score (nSPS) is 26.1. The topological polar surface area (TPSA) is 12.0 Å². The second-order valence-corrected chi connectivity index (χ2v) is 7.26. The molecule has 1 N–H and O–H groups in total. The van der Waals surface area contributed by atoms with Crippen LogP contribution in [0.2, 0.25) is 5.02 Å². The van der Waals surface area contributed by atoms with Gasteiger partial charge in [-0.15, -0.1) is 0 Å². The first kappa shape index (κ1) is 15.8. The molecule has 0 spiro atoms. The number of rotatable bonds is 5. The zero-order chi connectivity index (χ0) is 14.9. The first-order valence-corrected chi connectivity index (χ1v) is 7.91. The van der Waals surface area contributed by atoms with E-state index in [-0.39, 0.29) is 11.2 Å². The minimum absolute atomic E-state index is 0.0734. The molecule has 1 nitrogen and oxygen atoms in total. The summed E-state index contributed by atoms with van der Waals surface area (Å²) in [5.74, 6) is 1.18. The van der Waals surface area contributed by atoms with E-state index in [4.69, 9.17) is 11.6 Å². The Bertz CT molecular complexity index is 459. The minimum atomic E-state index is -0.259. The molecule has 1 aliphatic rings. The molecule has 0 aliphatic heterocycles. The average molecular weight is 298 g/mol. The van der Waals surface area contributed by atoms with E-state index in [2.05, 4.69) is 33.0 Å². The highest BCUT2D eigenvalue weighted by Crippen LogP contribution is 2.52. The largest absolute Gasteiger partial charge is 0.314 e. The number of halogens is 2. The molecule has 2 rings (SSSR count). The highest BCUT2D eigenvalue weighted by atomic mass is 35.5. The fraction of sp³-hybridized carbons (Fsp3) is 0.647. The first-order chi connectivity index (χ1) is 9.34. The van der Waals surface area contributed by atoms with E-state index in [0.29, 0.717) is 17.0 Å². The second-order valence-electron chi connectivity index (χ2n) is 6.85. The summed E-state index contributed by atoms with van der Waals surface area (Å²) in [6, 6.07) is 5.29. The van der Waals surface area contributed by atoms with Crippen LogP contribution in [0.5, 0.6) is 0 Å². The Labute approximate surface area is 126 Å². The van der Waals surface area contributed by atoms with Gasteiger partial charge in [-0.1, -0.05) is 45.4 Å². The Morgan fingerprint density at radius 1 is 1.30 bits per heavy atom. The molecule has 0 radical (unpaired) electrons. The van der Waals surface area contributed by atoms with Crippen molar-refractivity contribution < 1.29 is 4.39 Å². The molecule has 1 aromatic carbocycles. The first-order valence-electron chi connectivity index (χ1n) is 7.53. The molecule has 0 heterocycles. The highest BCUT2D eigenvalue weighted by molar-refractivity contribution is 6.31. The van der Waals surface area contributed by atoms with Gasteiger partial charge >= 0.3 is 0 Å². The van der Waals surface area contributed by atoms with Crippen LogP contribution >= 0.6 is 11.6 Å². The summed E-state index contributed by atoms with van der Waals surface area (Å²) in [6.07, 6.45) is 2.27. The predicted molar refractivity (Wildman–Crippen MR) is 83.8 cm³/mol. The van der Waals surface area contributed by atoms with E-state index in [1.807, 2.05) is 6.07 Å². The number of benzene rings is 1. The molecule has 1 aromatic rings. The van der Waals surface area contributed by atoms with E-state index in [9.17, 15) is 4.39 Å². The predicted octanol–water partition coefficient (Wildman–Crippen LogP) is 4.78. The van der Waals surface area contributed by atoms with Crippen molar-refractivity contribution in [3.8, 4) is 0 Å². The monoisotopic (exact) mass is 297 g/mol. The molecule has 112 valence electrons. The fourth-order valence-corrected chi connectivity index (χ4v) is 3.56. The summed E-state index contributed by atoms with van der Waals surface area (Å²) in [5.41, 5.74) is 1.18. The number of nitrogens with one attached hydrogen (secondary N) is 1. The van der Waals surface area contributed by atoms with E-state index in [1.165, 1.54) is 12.1 Å². The van der Waals surface area contributed by atoms with Gasteiger partial charge < -0.3 is 5.32 Å². The lowest BCUT2D eigenvalue weighted by atomic mass is 9.55. The van der Waals surface area contributed by atoms with Crippen molar-refractivity contribution in [1.29, 1.82) is 0 Å². The van der Waals surface area contributed by atoms with Crippen LogP contribution in [0.3, 0.4) is 0 Å². The zero-order valence-corrected chi connectivity index (χ0v) is 13.6. The molecule has 0 saturated heterocycles. The van der Waals surface area contributed by atoms with Gasteiger partial charge in [0.15, 0.2) is 0 Å². The maximum absolute atomic E-state index is 13.3. The average Bonchev–Trinajstić information content (AvgIpc) is 2.28. The van der Waals surface area contributed by atoms with Gasteiger partial charge in [-0.05, 0) is 42.4 Å². The van der Waals surface area contributed by atoms with Crippen LogP contribution in [-0.4, -0.2) is 12.6 Å². The summed E-state index contributed by atoms with van der Waals surface area (Å²) in [7, 11) is 0. The lowest BCUT2D eigenvalue weighted by Crippen LogP contribution is -2.51. The smallest absolute Gasteiger partial charge is 0.124 e. The summed E-state index contributed by atoms with van der Waals surface area (Å²) < 4.78 is 13.3. The van der Waals surface area contributed by atoms with Crippen LogP contribution in [-0.2, 0) is 5.41 Å². The molecule has 1 aliphatic carbocycles. The third-order valence-corrected chi connectivity index (χ3v) is 4.91. The highest BCUT2D eigenvalue weighted by Gasteiger charge is 2.47. The minimum Gasteiger partial charge on any atom is -0.314 e. The SMILES string of the molecule is CC(C)NCC1(c2ccc(F)cc2Cl)CC(C(C)C)C1. The molecule has 1 saturated carbocycles. The standard InChI is InChI=1S/C17H25ClFN/c1-11(2)13-8-17(9-13,10-20-12(3)4)15-6-5-14(19)7-16(15)18/h5-7,11-13,20H,8-10H2,1-4H3. The summed E-state index contributed by atoms with van der Waals surface area (Å²) in [6.45, 7) is 9.77. The van der Waals surface area contributed by atoms with Crippen molar-refractivity contribution in [2.75, 3.05) is 6.54 Å². The molecule has 0 amide bonds. The molecule has 0 atom stereocenters. The van der Waals surface area contributed by atoms with E-state index in [1.54, 1.807) is 0 Å². The molecule has 0 unspecified atom stereocenters. The Morgan fingerprint density at radius 2 is 1.95 bits per heavy atom. The van der Waals surface area contributed by atoms with Gasteiger partial charge in [0.1, 0.15) is 5.82 Å². The Morgan fingerprint density at radius 3 is 2.45 bits per heavy atom. The van der Waals surface area contributed by atoms with Crippen molar-refractivity contribution in [2.24, 2.45) is 11.8 Å². The summed E-state index contributed by atoms with van der Waals surface area (Å²) in [4.78, 5) is 0. The van der Waals surface area contributed by atoms with Gasteiger partial charge in [-0.2, -0.15) is 0 Å². The van der Waals surface area contributed by atoms with Gasteiger partial charge in [-0.3, -0.25) is 0 Å². The van der Waals surface area contributed by atoms with Gasteiger partial charge in [-0.25, -0.2) is 4.39 Å². The summed E-state index contributed by atoms with van der Waals surface area (Å²) in [5, 5.41) is 4.10. The number of hydrogen-bond acceptors (Lipinski definition) is 1. The second kappa shape index (κ2) is 6.03. The van der Waals surface area contributed by atoms with Crippen molar-refractivity contribution in [3.63, 3.8) is 0 Å². The molecule has 20 heavy (non-hydrogen) atoms. The van der Waals surface area contributed by atoms with Crippen molar-refractivity contribution in [3.05, 3.63) is 34.6 Å². The van der Waals surface area contributed by atoms with Crippen LogP contribution in [0.15, 0.2) is 18.2 Å². The lowest BCUT2D eigenvalue weighted by Gasteiger charge is -2.51. The zero-order valence-electron chi connectivity index (χ0n) is 12.8. The third kappa shape index (κ3) is 3.17. The van der Waals surface area contributed by atoms with Crippen LogP contribution in [0.25, 0.3) is 0 Å². The molecular formula is C17H25ClFN. The molecule has 0 aromatic heterocycles. The van der Waals surface area contributed by atoms with E-state index >= 15 is 0 Å². The maximum atomic E-state index is 13.3. The Balaban J connectivity index is 2.23. The van der Waals surface area contributed by atoms with Gasteiger partial charge in [0, 0.05) is 23.0 Å². The van der Waals surface area contributed by atoms with Crippen molar-refractivity contribution >= 4 is 11.6 Å². The van der Waals surface area contributed by atoms with Crippen molar-refractivity contribution in [2.45, 2.75) is 52.0 Å². The van der Waals surface area contributed by atoms with Crippen LogP contribution in [0.1, 0.15) is 46.1 Å². The van der Waals surface area contributed by atoms with Gasteiger partial charge in [0.25, 0.3) is 0 Å². The van der Waals surface area contributed by atoms with Crippen LogP contribution < -0.4 is 5.32 Å².